The van der Waals surface area contributed by atoms with Crippen LogP contribution in [-0.2, 0) is 17.6 Å². The van der Waals surface area contributed by atoms with Crippen LogP contribution in [-0.4, -0.2) is 22.1 Å². The van der Waals surface area contributed by atoms with Crippen molar-refractivity contribution in [2.45, 2.75) is 71.3 Å². The summed E-state index contributed by atoms with van der Waals surface area (Å²) in [6.45, 7) is 4.30. The Hall–Kier alpha value is -1.39. The molecule has 0 aromatic carbocycles. The quantitative estimate of drug-likeness (QED) is 0.869. The maximum Gasteiger partial charge on any atom is 0.227 e. The van der Waals surface area contributed by atoms with Crippen molar-refractivity contribution < 1.29 is 9.32 Å². The van der Waals surface area contributed by atoms with Crippen molar-refractivity contribution in [3.8, 4) is 0 Å². The van der Waals surface area contributed by atoms with Crippen molar-refractivity contribution in [3.05, 3.63) is 11.7 Å². The first kappa shape index (κ1) is 15.0. The van der Waals surface area contributed by atoms with Gasteiger partial charge >= 0.3 is 0 Å². The minimum atomic E-state index is 0.0963. The molecule has 1 heterocycles. The number of carbonyl (C=O) groups excluding carboxylic acids is 1. The van der Waals surface area contributed by atoms with Crippen LogP contribution in [0, 0.1) is 5.92 Å². The number of hydrogen-bond donors (Lipinski definition) is 1. The Kier molecular flexibility index (Phi) is 5.56. The maximum absolute atomic E-state index is 12.0. The van der Waals surface area contributed by atoms with Gasteiger partial charge in [0.1, 0.15) is 0 Å². The Labute approximate surface area is 120 Å². The maximum atomic E-state index is 12.0. The van der Waals surface area contributed by atoms with E-state index in [1.54, 1.807) is 0 Å². The molecular weight excluding hydrogens is 254 g/mol. The molecule has 1 aromatic rings. The minimum Gasteiger partial charge on any atom is -0.353 e. The molecule has 1 saturated carbocycles. The van der Waals surface area contributed by atoms with E-state index in [2.05, 4.69) is 29.3 Å². The van der Waals surface area contributed by atoms with Crippen LogP contribution in [0.25, 0.3) is 0 Å². The van der Waals surface area contributed by atoms with Crippen LogP contribution in [0.15, 0.2) is 4.52 Å². The lowest BCUT2D eigenvalue weighted by Gasteiger charge is -2.29. The fourth-order valence-electron chi connectivity index (χ4n) is 2.75. The third-order valence-electron chi connectivity index (χ3n) is 4.01. The molecule has 20 heavy (non-hydrogen) atoms. The molecule has 0 aliphatic heterocycles. The van der Waals surface area contributed by atoms with Crippen molar-refractivity contribution >= 4 is 5.91 Å². The Morgan fingerprint density at radius 3 is 2.90 bits per heavy atom. The first-order valence-electron chi connectivity index (χ1n) is 7.80. The second-order valence-electron chi connectivity index (χ2n) is 5.79. The summed E-state index contributed by atoms with van der Waals surface area (Å²) in [7, 11) is 0. The summed E-state index contributed by atoms with van der Waals surface area (Å²) in [4.78, 5) is 16.2. The van der Waals surface area contributed by atoms with Crippen LogP contribution in [0.1, 0.15) is 64.1 Å². The van der Waals surface area contributed by atoms with E-state index in [4.69, 9.17) is 4.52 Å². The second-order valence-corrected chi connectivity index (χ2v) is 5.79. The van der Waals surface area contributed by atoms with Gasteiger partial charge in [-0.3, -0.25) is 4.79 Å². The highest BCUT2D eigenvalue weighted by atomic mass is 16.5. The SMILES string of the molecule is CCCc1noc(CCC(=O)N[C@@H]2CCCC[C@@H]2C)n1. The van der Waals surface area contributed by atoms with Crippen molar-refractivity contribution in [2.75, 3.05) is 0 Å². The van der Waals surface area contributed by atoms with Gasteiger partial charge in [0.15, 0.2) is 5.82 Å². The minimum absolute atomic E-state index is 0.0963. The molecule has 0 spiro atoms. The number of nitrogens with zero attached hydrogens (tertiary/aromatic N) is 2. The molecule has 1 aliphatic rings. The molecule has 112 valence electrons. The Morgan fingerprint density at radius 2 is 2.15 bits per heavy atom. The first-order chi connectivity index (χ1) is 9.69. The van der Waals surface area contributed by atoms with E-state index in [0.717, 1.165) is 25.1 Å². The van der Waals surface area contributed by atoms with E-state index >= 15 is 0 Å². The highest BCUT2D eigenvalue weighted by Gasteiger charge is 2.22. The summed E-state index contributed by atoms with van der Waals surface area (Å²) >= 11 is 0. The highest BCUT2D eigenvalue weighted by molar-refractivity contribution is 5.76. The zero-order valence-corrected chi connectivity index (χ0v) is 12.5. The van der Waals surface area contributed by atoms with Crippen LogP contribution in [0.5, 0.6) is 0 Å². The Balaban J connectivity index is 1.73. The first-order valence-corrected chi connectivity index (χ1v) is 7.80. The largest absolute Gasteiger partial charge is 0.353 e. The number of hydrogen-bond acceptors (Lipinski definition) is 4. The monoisotopic (exact) mass is 279 g/mol. The summed E-state index contributed by atoms with van der Waals surface area (Å²) in [6, 6.07) is 0.342. The van der Waals surface area contributed by atoms with Crippen LogP contribution >= 0.6 is 0 Å². The van der Waals surface area contributed by atoms with Gasteiger partial charge in [0.05, 0.1) is 0 Å². The summed E-state index contributed by atoms with van der Waals surface area (Å²) in [5.74, 6) is 2.00. The highest BCUT2D eigenvalue weighted by Crippen LogP contribution is 2.23. The van der Waals surface area contributed by atoms with Crippen molar-refractivity contribution in [2.24, 2.45) is 5.92 Å². The topological polar surface area (TPSA) is 68.0 Å². The Morgan fingerprint density at radius 1 is 1.35 bits per heavy atom. The Bertz CT molecular complexity index is 431. The summed E-state index contributed by atoms with van der Waals surface area (Å²) in [6.07, 6.45) is 7.62. The third-order valence-corrected chi connectivity index (χ3v) is 4.01. The van der Waals surface area contributed by atoms with E-state index < -0.39 is 0 Å². The zero-order valence-electron chi connectivity index (χ0n) is 12.5. The van der Waals surface area contributed by atoms with Gasteiger partial charge in [0.2, 0.25) is 11.8 Å². The number of aromatic nitrogens is 2. The molecule has 0 bridgehead atoms. The molecule has 1 aromatic heterocycles. The van der Waals surface area contributed by atoms with Gasteiger partial charge in [-0.05, 0) is 25.2 Å². The lowest BCUT2D eigenvalue weighted by atomic mass is 9.86. The van der Waals surface area contributed by atoms with Crippen molar-refractivity contribution in [3.63, 3.8) is 0 Å². The van der Waals surface area contributed by atoms with Gasteiger partial charge in [-0.15, -0.1) is 0 Å². The van der Waals surface area contributed by atoms with Gasteiger partial charge in [-0.1, -0.05) is 31.8 Å². The van der Waals surface area contributed by atoms with E-state index in [1.807, 2.05) is 0 Å². The summed E-state index contributed by atoms with van der Waals surface area (Å²) in [5, 5.41) is 7.04. The van der Waals surface area contributed by atoms with Gasteiger partial charge in [0.25, 0.3) is 0 Å². The number of amides is 1. The normalized spacial score (nSPS) is 22.7. The number of carbonyl (C=O) groups is 1. The molecule has 5 nitrogen and oxygen atoms in total. The molecule has 0 radical (unpaired) electrons. The predicted octanol–water partition coefficient (Wildman–Crippen LogP) is 2.65. The molecule has 0 unspecified atom stereocenters. The fourth-order valence-corrected chi connectivity index (χ4v) is 2.75. The number of nitrogens with one attached hydrogen (secondary N) is 1. The molecular formula is C15H25N3O2. The van der Waals surface area contributed by atoms with Gasteiger partial charge in [-0.2, -0.15) is 4.98 Å². The van der Waals surface area contributed by atoms with E-state index in [9.17, 15) is 4.79 Å². The van der Waals surface area contributed by atoms with Crippen molar-refractivity contribution in [1.82, 2.24) is 15.5 Å². The fraction of sp³-hybridized carbons (Fsp3) is 0.800. The third kappa shape index (κ3) is 4.32. The zero-order chi connectivity index (χ0) is 14.4. The molecule has 0 saturated heterocycles. The van der Waals surface area contributed by atoms with Gasteiger partial charge < -0.3 is 9.84 Å². The molecule has 2 rings (SSSR count). The smallest absolute Gasteiger partial charge is 0.227 e. The average molecular weight is 279 g/mol. The molecule has 1 aliphatic carbocycles. The molecule has 2 atom stereocenters. The van der Waals surface area contributed by atoms with E-state index in [0.29, 0.717) is 30.7 Å². The number of rotatable bonds is 6. The van der Waals surface area contributed by atoms with E-state index in [-0.39, 0.29) is 5.91 Å². The van der Waals surface area contributed by atoms with Crippen LogP contribution in [0.4, 0.5) is 0 Å². The lowest BCUT2D eigenvalue weighted by molar-refractivity contribution is -0.122. The average Bonchev–Trinajstić information content (AvgIpc) is 2.87. The van der Waals surface area contributed by atoms with Gasteiger partial charge in [0, 0.05) is 25.3 Å². The molecule has 5 heteroatoms. The lowest BCUT2D eigenvalue weighted by Crippen LogP contribution is -2.41. The molecule has 1 N–H and O–H groups in total. The summed E-state index contributed by atoms with van der Waals surface area (Å²) in [5.41, 5.74) is 0. The molecule has 1 amide bonds. The van der Waals surface area contributed by atoms with Crippen LogP contribution in [0.3, 0.4) is 0 Å². The standard InChI is InChI=1S/C15H25N3O2/c1-3-6-13-17-15(20-18-13)10-9-14(19)16-12-8-5-4-7-11(12)2/h11-12H,3-10H2,1-2H3,(H,16,19)/t11-,12+/m0/s1. The van der Waals surface area contributed by atoms with Crippen molar-refractivity contribution in [1.29, 1.82) is 0 Å². The molecule has 1 fully saturated rings. The number of aryl methyl sites for hydroxylation is 2. The predicted molar refractivity (Wildman–Crippen MR) is 76.2 cm³/mol. The summed E-state index contributed by atoms with van der Waals surface area (Å²) < 4.78 is 5.14. The van der Waals surface area contributed by atoms with Gasteiger partial charge in [-0.25, -0.2) is 0 Å². The van der Waals surface area contributed by atoms with E-state index in [1.165, 1.54) is 19.3 Å². The van der Waals surface area contributed by atoms with Crippen LogP contribution < -0.4 is 5.32 Å². The second kappa shape index (κ2) is 7.41. The van der Waals surface area contributed by atoms with Crippen LogP contribution in [0.2, 0.25) is 0 Å².